The Bertz CT molecular complexity index is 472. The summed E-state index contributed by atoms with van der Waals surface area (Å²) in [6.45, 7) is 4.02. The summed E-state index contributed by atoms with van der Waals surface area (Å²) < 4.78 is 0. The van der Waals surface area contributed by atoms with Gasteiger partial charge >= 0.3 is 0 Å². The van der Waals surface area contributed by atoms with Gasteiger partial charge in [0.2, 0.25) is 5.91 Å². The van der Waals surface area contributed by atoms with E-state index in [2.05, 4.69) is 35.3 Å². The van der Waals surface area contributed by atoms with Crippen molar-refractivity contribution in [2.75, 3.05) is 18.4 Å². The quantitative estimate of drug-likeness (QED) is 0.884. The van der Waals surface area contributed by atoms with Gasteiger partial charge in [0.25, 0.3) is 0 Å². The molecule has 2 aliphatic rings. The van der Waals surface area contributed by atoms with E-state index < -0.39 is 0 Å². The SMILES string of the molecule is CC1CCCCN1C(=O)CC1CNc2ccccc21. The predicted octanol–water partition coefficient (Wildman–Crippen LogP) is 2.99. The van der Waals surface area contributed by atoms with Gasteiger partial charge in [-0.3, -0.25) is 4.79 Å². The monoisotopic (exact) mass is 258 g/mol. The fourth-order valence-electron chi connectivity index (χ4n) is 3.34. The number of carbonyl (C=O) groups excluding carboxylic acids is 1. The minimum absolute atomic E-state index is 0.329. The van der Waals surface area contributed by atoms with Crippen molar-refractivity contribution in [3.05, 3.63) is 29.8 Å². The summed E-state index contributed by atoms with van der Waals surface area (Å²) in [5, 5.41) is 3.40. The molecule has 3 heteroatoms. The van der Waals surface area contributed by atoms with Crippen LogP contribution in [0.4, 0.5) is 5.69 Å². The zero-order valence-corrected chi connectivity index (χ0v) is 11.6. The Hall–Kier alpha value is -1.51. The van der Waals surface area contributed by atoms with E-state index in [9.17, 15) is 4.79 Å². The van der Waals surface area contributed by atoms with Crippen LogP contribution in [0.25, 0.3) is 0 Å². The van der Waals surface area contributed by atoms with Crippen molar-refractivity contribution < 1.29 is 4.79 Å². The maximum atomic E-state index is 12.5. The first-order valence-corrected chi connectivity index (χ1v) is 7.38. The molecule has 2 heterocycles. The zero-order chi connectivity index (χ0) is 13.2. The first-order chi connectivity index (χ1) is 9.25. The van der Waals surface area contributed by atoms with Gasteiger partial charge in [-0.2, -0.15) is 0 Å². The summed E-state index contributed by atoms with van der Waals surface area (Å²) in [6, 6.07) is 8.78. The van der Waals surface area contributed by atoms with Crippen molar-refractivity contribution in [1.29, 1.82) is 0 Å². The largest absolute Gasteiger partial charge is 0.384 e. The van der Waals surface area contributed by atoms with Gasteiger partial charge in [0, 0.05) is 37.2 Å². The second-order valence-electron chi connectivity index (χ2n) is 5.80. The lowest BCUT2D eigenvalue weighted by atomic mass is 9.95. The number of rotatable bonds is 2. The minimum Gasteiger partial charge on any atom is -0.384 e. The Morgan fingerprint density at radius 2 is 2.21 bits per heavy atom. The molecule has 0 bridgehead atoms. The van der Waals surface area contributed by atoms with E-state index in [1.165, 1.54) is 17.7 Å². The average Bonchev–Trinajstić information content (AvgIpc) is 2.83. The molecule has 19 heavy (non-hydrogen) atoms. The number of piperidine rings is 1. The number of nitrogens with zero attached hydrogens (tertiary/aromatic N) is 1. The number of fused-ring (bicyclic) bond motifs is 1. The van der Waals surface area contributed by atoms with Crippen molar-refractivity contribution in [3.8, 4) is 0 Å². The van der Waals surface area contributed by atoms with E-state index in [0.717, 1.165) is 25.9 Å². The average molecular weight is 258 g/mol. The Morgan fingerprint density at radius 3 is 3.05 bits per heavy atom. The number of likely N-dealkylation sites (tertiary alicyclic amines) is 1. The molecule has 0 saturated carbocycles. The number of hydrogen-bond donors (Lipinski definition) is 1. The number of carbonyl (C=O) groups is 1. The lowest BCUT2D eigenvalue weighted by Gasteiger charge is -2.34. The number of amides is 1. The van der Waals surface area contributed by atoms with Gasteiger partial charge < -0.3 is 10.2 Å². The van der Waals surface area contributed by atoms with Crippen molar-refractivity contribution >= 4 is 11.6 Å². The highest BCUT2D eigenvalue weighted by Crippen LogP contribution is 2.34. The predicted molar refractivity (Wildman–Crippen MR) is 77.3 cm³/mol. The Balaban J connectivity index is 1.67. The van der Waals surface area contributed by atoms with E-state index in [0.29, 0.717) is 24.3 Å². The summed E-state index contributed by atoms with van der Waals surface area (Å²) in [5.41, 5.74) is 2.51. The molecular formula is C16H22N2O. The lowest BCUT2D eigenvalue weighted by Crippen LogP contribution is -2.42. The Morgan fingerprint density at radius 1 is 1.37 bits per heavy atom. The molecule has 2 unspecified atom stereocenters. The van der Waals surface area contributed by atoms with Gasteiger partial charge in [0.1, 0.15) is 0 Å². The van der Waals surface area contributed by atoms with E-state index in [1.807, 2.05) is 6.07 Å². The normalized spacial score (nSPS) is 25.8. The van der Waals surface area contributed by atoms with Gasteiger partial charge in [0.05, 0.1) is 0 Å². The van der Waals surface area contributed by atoms with Crippen LogP contribution in [0.1, 0.15) is 44.1 Å². The minimum atomic E-state index is 0.329. The van der Waals surface area contributed by atoms with Crippen LogP contribution >= 0.6 is 0 Å². The molecule has 2 atom stereocenters. The van der Waals surface area contributed by atoms with E-state index in [4.69, 9.17) is 0 Å². The van der Waals surface area contributed by atoms with E-state index in [1.54, 1.807) is 0 Å². The second-order valence-corrected chi connectivity index (χ2v) is 5.80. The Labute approximate surface area is 115 Å². The molecule has 1 N–H and O–H groups in total. The molecule has 1 fully saturated rings. The van der Waals surface area contributed by atoms with Crippen molar-refractivity contribution in [1.82, 2.24) is 4.90 Å². The molecule has 1 amide bonds. The van der Waals surface area contributed by atoms with Gasteiger partial charge in [-0.05, 0) is 37.8 Å². The summed E-state index contributed by atoms with van der Waals surface area (Å²) >= 11 is 0. The van der Waals surface area contributed by atoms with E-state index in [-0.39, 0.29) is 0 Å². The topological polar surface area (TPSA) is 32.3 Å². The molecule has 3 nitrogen and oxygen atoms in total. The summed E-state index contributed by atoms with van der Waals surface area (Å²) in [4.78, 5) is 14.6. The summed E-state index contributed by atoms with van der Waals surface area (Å²) in [6.07, 6.45) is 4.23. The summed E-state index contributed by atoms with van der Waals surface area (Å²) in [7, 11) is 0. The third-order valence-electron chi connectivity index (χ3n) is 4.48. The highest BCUT2D eigenvalue weighted by atomic mass is 16.2. The van der Waals surface area contributed by atoms with Gasteiger partial charge in [-0.25, -0.2) is 0 Å². The number of benzene rings is 1. The van der Waals surface area contributed by atoms with Crippen LogP contribution in [0.5, 0.6) is 0 Å². The molecule has 3 rings (SSSR count). The van der Waals surface area contributed by atoms with Crippen LogP contribution in [-0.4, -0.2) is 29.9 Å². The Kier molecular flexibility index (Phi) is 3.45. The molecule has 1 aromatic carbocycles. The molecule has 0 radical (unpaired) electrons. The highest BCUT2D eigenvalue weighted by Gasteiger charge is 2.29. The van der Waals surface area contributed by atoms with Gasteiger partial charge in [-0.15, -0.1) is 0 Å². The first kappa shape index (κ1) is 12.5. The smallest absolute Gasteiger partial charge is 0.223 e. The maximum absolute atomic E-state index is 12.5. The number of para-hydroxylation sites is 1. The molecule has 0 spiro atoms. The number of anilines is 1. The first-order valence-electron chi connectivity index (χ1n) is 7.38. The molecular weight excluding hydrogens is 236 g/mol. The fraction of sp³-hybridized carbons (Fsp3) is 0.562. The van der Waals surface area contributed by atoms with Crippen molar-refractivity contribution in [2.45, 2.75) is 44.6 Å². The maximum Gasteiger partial charge on any atom is 0.223 e. The molecule has 1 saturated heterocycles. The van der Waals surface area contributed by atoms with Gasteiger partial charge in [0.15, 0.2) is 0 Å². The molecule has 1 aromatic rings. The number of hydrogen-bond acceptors (Lipinski definition) is 2. The highest BCUT2D eigenvalue weighted by molar-refractivity contribution is 5.78. The molecule has 0 aromatic heterocycles. The third-order valence-corrected chi connectivity index (χ3v) is 4.48. The van der Waals surface area contributed by atoms with Crippen LogP contribution in [0.15, 0.2) is 24.3 Å². The lowest BCUT2D eigenvalue weighted by molar-refractivity contribution is -0.134. The van der Waals surface area contributed by atoms with E-state index >= 15 is 0 Å². The standard InChI is InChI=1S/C16H22N2O/c1-12-6-4-5-9-18(12)16(19)10-13-11-17-15-8-3-2-7-14(13)15/h2-3,7-8,12-13,17H,4-6,9-11H2,1H3. The van der Waals surface area contributed by atoms with Crippen LogP contribution in [-0.2, 0) is 4.79 Å². The van der Waals surface area contributed by atoms with Crippen molar-refractivity contribution in [3.63, 3.8) is 0 Å². The van der Waals surface area contributed by atoms with Crippen LogP contribution < -0.4 is 5.32 Å². The fourth-order valence-corrected chi connectivity index (χ4v) is 3.34. The molecule has 0 aliphatic carbocycles. The van der Waals surface area contributed by atoms with Crippen molar-refractivity contribution in [2.24, 2.45) is 0 Å². The second kappa shape index (κ2) is 5.24. The third kappa shape index (κ3) is 2.46. The molecule has 102 valence electrons. The van der Waals surface area contributed by atoms with Crippen LogP contribution in [0.3, 0.4) is 0 Å². The number of nitrogens with one attached hydrogen (secondary N) is 1. The summed E-state index contributed by atoms with van der Waals surface area (Å²) in [5.74, 6) is 0.675. The molecule has 2 aliphatic heterocycles. The van der Waals surface area contributed by atoms with Crippen LogP contribution in [0.2, 0.25) is 0 Å². The zero-order valence-electron chi connectivity index (χ0n) is 11.6. The van der Waals surface area contributed by atoms with Crippen LogP contribution in [0, 0.1) is 0 Å². The van der Waals surface area contributed by atoms with Gasteiger partial charge in [-0.1, -0.05) is 18.2 Å².